The van der Waals surface area contributed by atoms with Gasteiger partial charge in [0.05, 0.1) is 24.1 Å². The molecule has 0 aliphatic heterocycles. The highest BCUT2D eigenvalue weighted by molar-refractivity contribution is 6.29. The first-order chi connectivity index (χ1) is 9.22. The van der Waals surface area contributed by atoms with E-state index in [1.165, 1.54) is 12.4 Å². The normalized spacial score (nSPS) is 10.6. The van der Waals surface area contributed by atoms with E-state index in [1.54, 1.807) is 18.3 Å². The highest BCUT2D eigenvalue weighted by atomic mass is 35.5. The van der Waals surface area contributed by atoms with Gasteiger partial charge in [0.25, 0.3) is 5.91 Å². The number of H-pyrrole nitrogens is 1. The second kappa shape index (κ2) is 4.66. The van der Waals surface area contributed by atoms with Crippen molar-refractivity contribution < 1.29 is 4.79 Å². The number of benzene rings is 1. The molecule has 3 aromatic rings. The molecule has 0 aliphatic rings. The topological polar surface area (TPSA) is 83.6 Å². The fourth-order valence-corrected chi connectivity index (χ4v) is 1.81. The predicted octanol–water partition coefficient (Wildman–Crippen LogP) is 2.26. The molecule has 0 unspecified atom stereocenters. The number of hydrogen-bond donors (Lipinski definition) is 2. The third-order valence-electron chi connectivity index (χ3n) is 2.54. The average molecular weight is 274 g/mol. The van der Waals surface area contributed by atoms with E-state index in [2.05, 4.69) is 25.5 Å². The number of carbonyl (C=O) groups excluding carboxylic acids is 1. The quantitative estimate of drug-likeness (QED) is 0.750. The Balaban J connectivity index is 1.86. The Morgan fingerprint density at radius 2 is 2.16 bits per heavy atom. The number of anilines is 1. The summed E-state index contributed by atoms with van der Waals surface area (Å²) in [6, 6.07) is 5.43. The molecule has 3 rings (SSSR count). The van der Waals surface area contributed by atoms with Gasteiger partial charge < -0.3 is 5.32 Å². The van der Waals surface area contributed by atoms with Crippen molar-refractivity contribution in [3.8, 4) is 0 Å². The van der Waals surface area contributed by atoms with Gasteiger partial charge in [-0.05, 0) is 18.2 Å². The second-order valence-electron chi connectivity index (χ2n) is 3.85. The first-order valence-electron chi connectivity index (χ1n) is 5.44. The molecule has 19 heavy (non-hydrogen) atoms. The lowest BCUT2D eigenvalue weighted by molar-refractivity contribution is 0.102. The van der Waals surface area contributed by atoms with Gasteiger partial charge in [0.15, 0.2) is 0 Å². The zero-order chi connectivity index (χ0) is 13.2. The van der Waals surface area contributed by atoms with Crippen LogP contribution in [0.25, 0.3) is 10.9 Å². The molecule has 0 atom stereocenters. The lowest BCUT2D eigenvalue weighted by atomic mass is 10.2. The Morgan fingerprint density at radius 1 is 1.26 bits per heavy atom. The number of amides is 1. The lowest BCUT2D eigenvalue weighted by Gasteiger charge is -2.04. The van der Waals surface area contributed by atoms with Crippen LogP contribution in [-0.2, 0) is 0 Å². The monoisotopic (exact) mass is 273 g/mol. The molecule has 94 valence electrons. The molecule has 0 saturated heterocycles. The summed E-state index contributed by atoms with van der Waals surface area (Å²) in [7, 11) is 0. The van der Waals surface area contributed by atoms with Crippen LogP contribution in [0.15, 0.2) is 36.8 Å². The molecule has 2 N–H and O–H groups in total. The Bertz CT molecular complexity index is 754. The SMILES string of the molecule is O=C(Nc1ccc2cn[nH]c2c1)c1cncc(Cl)n1. The van der Waals surface area contributed by atoms with E-state index in [-0.39, 0.29) is 16.8 Å². The van der Waals surface area contributed by atoms with Crippen molar-refractivity contribution in [2.45, 2.75) is 0 Å². The van der Waals surface area contributed by atoms with Crippen LogP contribution >= 0.6 is 11.6 Å². The van der Waals surface area contributed by atoms with Gasteiger partial charge in [-0.1, -0.05) is 11.6 Å². The molecule has 1 amide bonds. The number of aromatic amines is 1. The molecule has 0 radical (unpaired) electrons. The molecule has 0 spiro atoms. The van der Waals surface area contributed by atoms with Crippen LogP contribution in [0.4, 0.5) is 5.69 Å². The van der Waals surface area contributed by atoms with Crippen molar-refractivity contribution in [2.24, 2.45) is 0 Å². The molecule has 2 aromatic heterocycles. The maximum absolute atomic E-state index is 11.9. The Hall–Kier alpha value is -2.47. The number of aromatic nitrogens is 4. The molecular formula is C12H8ClN5O. The maximum Gasteiger partial charge on any atom is 0.275 e. The number of carbonyl (C=O) groups is 1. The second-order valence-corrected chi connectivity index (χ2v) is 4.24. The third kappa shape index (κ3) is 2.38. The summed E-state index contributed by atoms with van der Waals surface area (Å²) in [6.45, 7) is 0. The smallest absolute Gasteiger partial charge is 0.275 e. The van der Waals surface area contributed by atoms with Gasteiger partial charge in [-0.3, -0.25) is 14.9 Å². The van der Waals surface area contributed by atoms with Crippen LogP contribution in [-0.4, -0.2) is 26.1 Å². The summed E-state index contributed by atoms with van der Waals surface area (Å²) in [5.74, 6) is -0.367. The lowest BCUT2D eigenvalue weighted by Crippen LogP contribution is -2.14. The maximum atomic E-state index is 11.9. The predicted molar refractivity (Wildman–Crippen MR) is 71.1 cm³/mol. The van der Waals surface area contributed by atoms with Gasteiger partial charge >= 0.3 is 0 Å². The minimum absolute atomic E-state index is 0.164. The first kappa shape index (κ1) is 11.6. The summed E-state index contributed by atoms with van der Waals surface area (Å²) in [6.07, 6.45) is 4.44. The summed E-state index contributed by atoms with van der Waals surface area (Å²) >= 11 is 5.69. The number of nitrogens with zero attached hydrogens (tertiary/aromatic N) is 3. The van der Waals surface area contributed by atoms with Crippen LogP contribution in [0.1, 0.15) is 10.5 Å². The fourth-order valence-electron chi connectivity index (χ4n) is 1.66. The van der Waals surface area contributed by atoms with Gasteiger partial charge in [-0.2, -0.15) is 5.10 Å². The zero-order valence-electron chi connectivity index (χ0n) is 9.59. The third-order valence-corrected chi connectivity index (χ3v) is 2.72. The molecule has 0 bridgehead atoms. The minimum atomic E-state index is -0.367. The molecule has 6 nitrogen and oxygen atoms in total. The number of nitrogens with one attached hydrogen (secondary N) is 2. The largest absolute Gasteiger partial charge is 0.321 e. The highest BCUT2D eigenvalue weighted by Crippen LogP contribution is 2.17. The summed E-state index contributed by atoms with van der Waals surface area (Å²) in [4.78, 5) is 19.7. The molecule has 0 saturated carbocycles. The molecule has 1 aromatic carbocycles. The van der Waals surface area contributed by atoms with Gasteiger partial charge in [0.1, 0.15) is 10.8 Å². The molecular weight excluding hydrogens is 266 g/mol. The van der Waals surface area contributed by atoms with Crippen molar-refractivity contribution >= 4 is 34.1 Å². The van der Waals surface area contributed by atoms with Crippen molar-refractivity contribution in [2.75, 3.05) is 5.32 Å². The number of fused-ring (bicyclic) bond motifs is 1. The molecule has 7 heteroatoms. The molecule has 2 heterocycles. The van der Waals surface area contributed by atoms with Crippen LogP contribution < -0.4 is 5.32 Å². The van der Waals surface area contributed by atoms with E-state index in [4.69, 9.17) is 11.6 Å². The Morgan fingerprint density at radius 3 is 3.00 bits per heavy atom. The van der Waals surface area contributed by atoms with E-state index >= 15 is 0 Å². The fraction of sp³-hybridized carbons (Fsp3) is 0. The number of hydrogen-bond acceptors (Lipinski definition) is 4. The zero-order valence-corrected chi connectivity index (χ0v) is 10.3. The summed E-state index contributed by atoms with van der Waals surface area (Å²) < 4.78 is 0. The minimum Gasteiger partial charge on any atom is -0.321 e. The van der Waals surface area contributed by atoms with Crippen molar-refractivity contribution in [3.63, 3.8) is 0 Å². The summed E-state index contributed by atoms with van der Waals surface area (Å²) in [5.41, 5.74) is 1.65. The van der Waals surface area contributed by atoms with Crippen LogP contribution in [0.5, 0.6) is 0 Å². The van der Waals surface area contributed by atoms with Gasteiger partial charge in [0.2, 0.25) is 0 Å². The Labute approximate surface area is 112 Å². The van der Waals surface area contributed by atoms with Crippen molar-refractivity contribution in [1.29, 1.82) is 0 Å². The van der Waals surface area contributed by atoms with E-state index in [0.29, 0.717) is 5.69 Å². The van der Waals surface area contributed by atoms with Gasteiger partial charge in [0, 0.05) is 11.1 Å². The van der Waals surface area contributed by atoms with Crippen molar-refractivity contribution in [3.05, 3.63) is 47.6 Å². The van der Waals surface area contributed by atoms with Crippen LogP contribution in [0.3, 0.4) is 0 Å². The highest BCUT2D eigenvalue weighted by Gasteiger charge is 2.09. The molecule has 0 fully saturated rings. The van der Waals surface area contributed by atoms with E-state index in [9.17, 15) is 4.79 Å². The molecule has 0 aliphatic carbocycles. The summed E-state index contributed by atoms with van der Waals surface area (Å²) in [5, 5.41) is 10.6. The number of halogens is 1. The average Bonchev–Trinajstić information content (AvgIpc) is 2.86. The van der Waals surface area contributed by atoms with E-state index < -0.39 is 0 Å². The van der Waals surface area contributed by atoms with Gasteiger partial charge in [-0.25, -0.2) is 4.98 Å². The first-order valence-corrected chi connectivity index (χ1v) is 5.82. The van der Waals surface area contributed by atoms with Gasteiger partial charge in [-0.15, -0.1) is 0 Å². The van der Waals surface area contributed by atoms with E-state index in [1.807, 2.05) is 6.07 Å². The van der Waals surface area contributed by atoms with E-state index in [0.717, 1.165) is 10.9 Å². The van der Waals surface area contributed by atoms with Crippen LogP contribution in [0, 0.1) is 0 Å². The van der Waals surface area contributed by atoms with Crippen molar-refractivity contribution in [1.82, 2.24) is 20.2 Å². The Kier molecular flexibility index (Phi) is 2.85. The standard InChI is InChI=1S/C12H8ClN5O/c13-11-6-14-5-10(17-11)12(19)16-8-2-1-7-4-15-18-9(7)3-8/h1-6H,(H,15,18)(H,16,19). The van der Waals surface area contributed by atoms with Crippen LogP contribution in [0.2, 0.25) is 5.15 Å². The number of rotatable bonds is 2.